The zero-order valence-corrected chi connectivity index (χ0v) is 16.2. The van der Waals surface area contributed by atoms with Crippen molar-refractivity contribution in [2.24, 2.45) is 11.8 Å². The van der Waals surface area contributed by atoms with Crippen LogP contribution in [-0.2, 0) is 16.0 Å². The first-order valence-electron chi connectivity index (χ1n) is 9.81. The van der Waals surface area contributed by atoms with Gasteiger partial charge in [0.2, 0.25) is 11.8 Å². The number of amides is 2. The highest BCUT2D eigenvalue weighted by Gasteiger charge is 2.31. The zero-order chi connectivity index (χ0) is 19.2. The van der Waals surface area contributed by atoms with Crippen LogP contribution in [-0.4, -0.2) is 18.9 Å². The van der Waals surface area contributed by atoms with Crippen LogP contribution in [0.4, 0.5) is 11.4 Å². The molecule has 1 fully saturated rings. The Morgan fingerprint density at radius 2 is 1.52 bits per heavy atom. The summed E-state index contributed by atoms with van der Waals surface area (Å²) >= 11 is 0. The number of rotatable bonds is 5. The van der Waals surface area contributed by atoms with Crippen molar-refractivity contribution in [3.8, 4) is 0 Å². The summed E-state index contributed by atoms with van der Waals surface area (Å²) < 4.78 is 0. The fourth-order valence-corrected chi connectivity index (χ4v) is 3.84. The van der Waals surface area contributed by atoms with E-state index in [1.807, 2.05) is 61.6 Å². The molecule has 0 heterocycles. The summed E-state index contributed by atoms with van der Waals surface area (Å²) in [5, 5.41) is 3.09. The lowest BCUT2D eigenvalue weighted by Gasteiger charge is -2.30. The van der Waals surface area contributed by atoms with Crippen LogP contribution in [0.25, 0.3) is 0 Å². The van der Waals surface area contributed by atoms with Gasteiger partial charge in [0.25, 0.3) is 0 Å². The largest absolute Gasteiger partial charge is 0.326 e. The summed E-state index contributed by atoms with van der Waals surface area (Å²) in [5.41, 5.74) is 2.98. The molecule has 0 aliphatic heterocycles. The molecule has 0 aromatic heterocycles. The molecule has 0 radical (unpaired) electrons. The van der Waals surface area contributed by atoms with E-state index in [-0.39, 0.29) is 23.7 Å². The number of anilines is 2. The third kappa shape index (κ3) is 4.57. The second kappa shape index (κ2) is 8.85. The van der Waals surface area contributed by atoms with Gasteiger partial charge in [0.15, 0.2) is 0 Å². The minimum Gasteiger partial charge on any atom is -0.326 e. The fraction of sp³-hybridized carbons (Fsp3) is 0.391. The lowest BCUT2D eigenvalue weighted by molar-refractivity contribution is -0.126. The van der Waals surface area contributed by atoms with Gasteiger partial charge in [0.05, 0.1) is 0 Å². The molecule has 1 aliphatic rings. The van der Waals surface area contributed by atoms with Crippen molar-refractivity contribution >= 4 is 23.2 Å². The smallest absolute Gasteiger partial charge is 0.229 e. The van der Waals surface area contributed by atoms with Crippen molar-refractivity contribution in [2.45, 2.75) is 39.0 Å². The molecule has 1 saturated carbocycles. The van der Waals surface area contributed by atoms with Gasteiger partial charge in [-0.1, -0.05) is 43.3 Å². The van der Waals surface area contributed by atoms with E-state index < -0.39 is 0 Å². The van der Waals surface area contributed by atoms with Crippen LogP contribution < -0.4 is 10.2 Å². The number of carbonyl (C=O) groups excluding carboxylic acids is 2. The number of nitrogens with zero attached hydrogens (tertiary/aromatic N) is 1. The van der Waals surface area contributed by atoms with Crippen LogP contribution in [0.15, 0.2) is 54.6 Å². The molecule has 0 saturated heterocycles. The molecule has 0 spiro atoms. The van der Waals surface area contributed by atoms with Crippen LogP contribution in [0.5, 0.6) is 0 Å². The standard InChI is InChI=1S/C23H28N2O2/c1-3-17-9-7-8-12-21(17)24-22(26)18-13-15-19(16-14-18)23(27)25(2)20-10-5-4-6-11-20/h4-12,18-19H,3,13-16H2,1-2H3,(H,24,26). The second-order valence-electron chi connectivity index (χ2n) is 7.28. The van der Waals surface area contributed by atoms with Crippen molar-refractivity contribution in [1.82, 2.24) is 0 Å². The maximum atomic E-state index is 12.8. The summed E-state index contributed by atoms with van der Waals surface area (Å²) in [7, 11) is 1.83. The Morgan fingerprint density at radius 1 is 0.926 bits per heavy atom. The maximum absolute atomic E-state index is 12.8. The van der Waals surface area contributed by atoms with Crippen molar-refractivity contribution < 1.29 is 9.59 Å². The van der Waals surface area contributed by atoms with E-state index in [0.29, 0.717) is 0 Å². The third-order valence-corrected chi connectivity index (χ3v) is 5.58. The Hall–Kier alpha value is -2.62. The third-order valence-electron chi connectivity index (χ3n) is 5.58. The molecule has 0 bridgehead atoms. The van der Waals surface area contributed by atoms with E-state index in [2.05, 4.69) is 12.2 Å². The lowest BCUT2D eigenvalue weighted by atomic mass is 9.81. The Bertz CT molecular complexity index is 780. The van der Waals surface area contributed by atoms with Gasteiger partial charge in [-0.15, -0.1) is 0 Å². The molecule has 27 heavy (non-hydrogen) atoms. The molecule has 0 unspecified atom stereocenters. The molecule has 3 rings (SSSR count). The number of carbonyl (C=O) groups is 2. The summed E-state index contributed by atoms with van der Waals surface area (Å²) in [4.78, 5) is 27.2. The van der Waals surface area contributed by atoms with Crippen LogP contribution >= 0.6 is 0 Å². The van der Waals surface area contributed by atoms with Crippen molar-refractivity contribution in [1.29, 1.82) is 0 Å². The van der Waals surface area contributed by atoms with Gasteiger partial charge in [-0.25, -0.2) is 0 Å². The summed E-state index contributed by atoms with van der Waals surface area (Å²) in [6, 6.07) is 17.7. The average molecular weight is 364 g/mol. The molecule has 1 N–H and O–H groups in total. The Labute approximate surface area is 161 Å². The quantitative estimate of drug-likeness (QED) is 0.839. The summed E-state index contributed by atoms with van der Waals surface area (Å²) in [6.45, 7) is 2.09. The number of nitrogens with one attached hydrogen (secondary N) is 1. The van der Waals surface area contributed by atoms with Crippen LogP contribution in [0.3, 0.4) is 0 Å². The van der Waals surface area contributed by atoms with Crippen LogP contribution in [0, 0.1) is 11.8 Å². The van der Waals surface area contributed by atoms with E-state index >= 15 is 0 Å². The van der Waals surface area contributed by atoms with Crippen LogP contribution in [0.1, 0.15) is 38.2 Å². The highest BCUT2D eigenvalue weighted by Crippen LogP contribution is 2.32. The van der Waals surface area contributed by atoms with Crippen LogP contribution in [0.2, 0.25) is 0 Å². The Morgan fingerprint density at radius 3 is 2.19 bits per heavy atom. The van der Waals surface area contributed by atoms with Gasteiger partial charge in [0.1, 0.15) is 0 Å². The molecule has 2 aromatic carbocycles. The minimum atomic E-state index is -0.0130. The number of aryl methyl sites for hydroxylation is 1. The van der Waals surface area contributed by atoms with E-state index in [0.717, 1.165) is 49.0 Å². The minimum absolute atomic E-state index is 0.00202. The molecule has 2 amide bonds. The first kappa shape index (κ1) is 19.2. The van der Waals surface area contributed by atoms with Gasteiger partial charge in [-0.05, 0) is 55.9 Å². The average Bonchev–Trinajstić information content (AvgIpc) is 2.73. The number of hydrogen-bond donors (Lipinski definition) is 1. The SMILES string of the molecule is CCc1ccccc1NC(=O)C1CCC(C(=O)N(C)c2ccccc2)CC1. The molecule has 4 nitrogen and oxygen atoms in total. The lowest BCUT2D eigenvalue weighted by Crippen LogP contribution is -2.36. The monoisotopic (exact) mass is 364 g/mol. The van der Waals surface area contributed by atoms with E-state index in [1.54, 1.807) is 4.90 Å². The van der Waals surface area contributed by atoms with Gasteiger partial charge in [-0.3, -0.25) is 9.59 Å². The molecule has 4 heteroatoms. The van der Waals surface area contributed by atoms with E-state index in [9.17, 15) is 9.59 Å². The van der Waals surface area contributed by atoms with Crippen molar-refractivity contribution in [2.75, 3.05) is 17.3 Å². The molecule has 1 aliphatic carbocycles. The van der Waals surface area contributed by atoms with Gasteiger partial charge >= 0.3 is 0 Å². The molecule has 0 atom stereocenters. The van der Waals surface area contributed by atoms with Crippen molar-refractivity contribution in [3.05, 3.63) is 60.2 Å². The predicted octanol–water partition coefficient (Wildman–Crippen LogP) is 4.66. The molecular formula is C23H28N2O2. The molecular weight excluding hydrogens is 336 g/mol. The maximum Gasteiger partial charge on any atom is 0.229 e. The first-order chi connectivity index (χ1) is 13.1. The molecule has 142 valence electrons. The second-order valence-corrected chi connectivity index (χ2v) is 7.28. The summed E-state index contributed by atoms with van der Waals surface area (Å²) in [6.07, 6.45) is 3.95. The Kier molecular flexibility index (Phi) is 6.28. The molecule has 2 aromatic rings. The number of benzene rings is 2. The highest BCUT2D eigenvalue weighted by molar-refractivity contribution is 5.95. The van der Waals surface area contributed by atoms with Crippen molar-refractivity contribution in [3.63, 3.8) is 0 Å². The first-order valence-corrected chi connectivity index (χ1v) is 9.81. The van der Waals surface area contributed by atoms with E-state index in [4.69, 9.17) is 0 Å². The Balaban J connectivity index is 1.55. The predicted molar refractivity (Wildman–Crippen MR) is 110 cm³/mol. The fourth-order valence-electron chi connectivity index (χ4n) is 3.84. The highest BCUT2D eigenvalue weighted by atomic mass is 16.2. The zero-order valence-electron chi connectivity index (χ0n) is 16.2. The topological polar surface area (TPSA) is 49.4 Å². The van der Waals surface area contributed by atoms with Gasteiger partial charge < -0.3 is 10.2 Å². The number of para-hydroxylation sites is 2. The van der Waals surface area contributed by atoms with E-state index in [1.165, 1.54) is 0 Å². The van der Waals surface area contributed by atoms with Gasteiger partial charge in [0, 0.05) is 30.3 Å². The number of hydrogen-bond acceptors (Lipinski definition) is 2. The normalized spacial score (nSPS) is 19.3. The van der Waals surface area contributed by atoms with Gasteiger partial charge in [-0.2, -0.15) is 0 Å². The summed E-state index contributed by atoms with van der Waals surface area (Å²) in [5.74, 6) is 0.220.